The second kappa shape index (κ2) is 3.34. The van der Waals surface area contributed by atoms with Gasteiger partial charge >= 0.3 is 0 Å². The van der Waals surface area contributed by atoms with Crippen molar-refractivity contribution in [3.05, 3.63) is 23.8 Å². The van der Waals surface area contributed by atoms with Gasteiger partial charge in [0.25, 0.3) is 0 Å². The fourth-order valence-electron chi connectivity index (χ4n) is 3.49. The fourth-order valence-corrected chi connectivity index (χ4v) is 3.49. The first-order chi connectivity index (χ1) is 8.22. The van der Waals surface area contributed by atoms with Gasteiger partial charge < -0.3 is 9.47 Å². The molecule has 0 radical (unpaired) electrons. The van der Waals surface area contributed by atoms with Crippen LogP contribution in [0.5, 0.6) is 0 Å². The number of carbonyl (C=O) groups excluding carboxylic acids is 1. The van der Waals surface area contributed by atoms with Crippen LogP contribution in [-0.2, 0) is 14.3 Å². The predicted octanol–water partition coefficient (Wildman–Crippen LogP) is 2.62. The maximum Gasteiger partial charge on any atom is 0.168 e. The van der Waals surface area contributed by atoms with E-state index in [0.717, 1.165) is 17.6 Å². The first-order valence-corrected chi connectivity index (χ1v) is 6.52. The molecular weight excluding hydrogens is 228 g/mol. The van der Waals surface area contributed by atoms with Gasteiger partial charge in [-0.1, -0.05) is 18.2 Å². The predicted molar refractivity (Wildman–Crippen MR) is 67.9 cm³/mol. The molecule has 18 heavy (non-hydrogen) atoms. The monoisotopic (exact) mass is 248 g/mol. The lowest BCUT2D eigenvalue weighted by Gasteiger charge is -2.42. The number of carbonyl (C=O) groups is 1. The minimum atomic E-state index is -0.755. The summed E-state index contributed by atoms with van der Waals surface area (Å²) >= 11 is 0. The molecule has 3 rings (SSSR count). The van der Waals surface area contributed by atoms with Gasteiger partial charge in [-0.25, -0.2) is 0 Å². The lowest BCUT2D eigenvalue weighted by Crippen LogP contribution is -2.53. The van der Waals surface area contributed by atoms with Gasteiger partial charge in [-0.2, -0.15) is 0 Å². The van der Waals surface area contributed by atoms with E-state index in [2.05, 4.69) is 12.7 Å². The Kier molecular flexibility index (Phi) is 2.25. The molecule has 0 aromatic heterocycles. The largest absolute Gasteiger partial charge is 0.342 e. The van der Waals surface area contributed by atoms with Crippen LogP contribution < -0.4 is 0 Å². The lowest BCUT2D eigenvalue weighted by molar-refractivity contribution is -0.240. The smallest absolute Gasteiger partial charge is 0.168 e. The highest BCUT2D eigenvalue weighted by Gasteiger charge is 2.59. The molecule has 2 saturated heterocycles. The number of ketones is 1. The van der Waals surface area contributed by atoms with Gasteiger partial charge in [0.05, 0.1) is 5.60 Å². The Hall–Kier alpha value is -0.930. The highest BCUT2D eigenvalue weighted by atomic mass is 16.7. The number of allylic oxidation sites excluding steroid dienone is 2. The van der Waals surface area contributed by atoms with Crippen LogP contribution >= 0.6 is 0 Å². The van der Waals surface area contributed by atoms with Crippen molar-refractivity contribution in [1.82, 2.24) is 0 Å². The van der Waals surface area contributed by atoms with Crippen molar-refractivity contribution in [3.8, 4) is 0 Å². The molecule has 2 aliphatic heterocycles. The standard InChI is InChI=1S/C15H20O3/c1-8-6-9-11-10(7-8)14(2,3)17-13(11)18-15(4,5)12(9)16/h7,9,11,13H,1,6H2,2-5H3/t9-,11-,13-/m0/s1. The van der Waals surface area contributed by atoms with E-state index in [1.54, 1.807) is 0 Å². The van der Waals surface area contributed by atoms with E-state index < -0.39 is 5.60 Å². The van der Waals surface area contributed by atoms with Crippen LogP contribution in [0.1, 0.15) is 34.1 Å². The summed E-state index contributed by atoms with van der Waals surface area (Å²) in [6.45, 7) is 11.8. The molecule has 0 unspecified atom stereocenters. The average Bonchev–Trinajstić information content (AvgIpc) is 2.46. The Morgan fingerprint density at radius 2 is 1.83 bits per heavy atom. The van der Waals surface area contributed by atoms with Crippen LogP contribution in [0.15, 0.2) is 23.8 Å². The molecule has 3 nitrogen and oxygen atoms in total. The molecule has 3 heteroatoms. The summed E-state index contributed by atoms with van der Waals surface area (Å²) in [6, 6.07) is 0. The van der Waals surface area contributed by atoms with Crippen LogP contribution in [0.4, 0.5) is 0 Å². The zero-order valence-electron chi connectivity index (χ0n) is 11.4. The van der Waals surface area contributed by atoms with Gasteiger partial charge in [-0.15, -0.1) is 0 Å². The average molecular weight is 248 g/mol. The third-order valence-electron chi connectivity index (χ3n) is 4.37. The van der Waals surface area contributed by atoms with Gasteiger partial charge in [0.1, 0.15) is 5.60 Å². The Balaban J connectivity index is 2.11. The molecule has 0 N–H and O–H groups in total. The molecule has 0 saturated carbocycles. The Morgan fingerprint density at radius 1 is 1.22 bits per heavy atom. The molecule has 0 spiro atoms. The quantitative estimate of drug-likeness (QED) is 0.661. The van der Waals surface area contributed by atoms with E-state index in [1.165, 1.54) is 0 Å². The summed E-state index contributed by atoms with van der Waals surface area (Å²) in [5, 5.41) is 0. The summed E-state index contributed by atoms with van der Waals surface area (Å²) in [6.07, 6.45) is 2.53. The minimum Gasteiger partial charge on any atom is -0.342 e. The van der Waals surface area contributed by atoms with Gasteiger partial charge in [0.15, 0.2) is 12.1 Å². The topological polar surface area (TPSA) is 35.5 Å². The van der Waals surface area contributed by atoms with Gasteiger partial charge in [-0.3, -0.25) is 4.79 Å². The van der Waals surface area contributed by atoms with E-state index in [9.17, 15) is 4.79 Å². The summed E-state index contributed by atoms with van der Waals surface area (Å²) < 4.78 is 11.9. The zero-order valence-corrected chi connectivity index (χ0v) is 11.4. The molecule has 0 aromatic carbocycles. The highest BCUT2D eigenvalue weighted by Crippen LogP contribution is 2.53. The van der Waals surface area contributed by atoms with Gasteiger partial charge in [0, 0.05) is 11.8 Å². The third-order valence-corrected chi connectivity index (χ3v) is 4.37. The zero-order chi connectivity index (χ0) is 13.3. The van der Waals surface area contributed by atoms with Crippen LogP contribution in [-0.4, -0.2) is 23.3 Å². The van der Waals surface area contributed by atoms with Gasteiger partial charge in [-0.05, 0) is 39.7 Å². The van der Waals surface area contributed by atoms with Crippen molar-refractivity contribution in [2.75, 3.05) is 0 Å². The molecule has 0 amide bonds. The maximum atomic E-state index is 12.5. The molecule has 3 atom stereocenters. The summed E-state index contributed by atoms with van der Waals surface area (Å²) in [4.78, 5) is 12.5. The van der Waals surface area contributed by atoms with Crippen molar-refractivity contribution in [2.24, 2.45) is 11.8 Å². The van der Waals surface area contributed by atoms with Crippen LogP contribution in [0.3, 0.4) is 0 Å². The Morgan fingerprint density at radius 3 is 2.50 bits per heavy atom. The number of hydrogen-bond acceptors (Lipinski definition) is 3. The first kappa shape index (κ1) is 12.1. The molecule has 0 aromatic rings. The number of hydrogen-bond donors (Lipinski definition) is 0. The van der Waals surface area contributed by atoms with Crippen molar-refractivity contribution in [2.45, 2.75) is 51.6 Å². The van der Waals surface area contributed by atoms with Crippen molar-refractivity contribution in [1.29, 1.82) is 0 Å². The molecule has 2 heterocycles. The third kappa shape index (κ3) is 1.47. The molecule has 0 bridgehead atoms. The molecule has 1 aliphatic carbocycles. The van der Waals surface area contributed by atoms with E-state index in [4.69, 9.17) is 9.47 Å². The highest BCUT2D eigenvalue weighted by molar-refractivity contribution is 5.90. The maximum absolute atomic E-state index is 12.5. The van der Waals surface area contributed by atoms with Crippen LogP contribution in [0.25, 0.3) is 0 Å². The number of rotatable bonds is 0. The minimum absolute atomic E-state index is 0.0342. The first-order valence-electron chi connectivity index (χ1n) is 6.52. The van der Waals surface area contributed by atoms with Crippen LogP contribution in [0.2, 0.25) is 0 Å². The number of ether oxygens (including phenoxy) is 2. The van der Waals surface area contributed by atoms with Crippen molar-refractivity contribution >= 4 is 5.78 Å². The molecule has 2 fully saturated rings. The van der Waals surface area contributed by atoms with Crippen molar-refractivity contribution in [3.63, 3.8) is 0 Å². The summed E-state index contributed by atoms with van der Waals surface area (Å²) in [7, 11) is 0. The molecule has 3 aliphatic rings. The molecule has 98 valence electrons. The second-order valence-electron chi connectivity index (χ2n) is 6.58. The number of Topliss-reactive ketones (excluding diaryl/α,β-unsaturated/α-hetero) is 1. The Bertz CT molecular complexity index is 470. The van der Waals surface area contributed by atoms with E-state index in [-0.39, 0.29) is 29.5 Å². The van der Waals surface area contributed by atoms with E-state index in [0.29, 0.717) is 0 Å². The Labute approximate surface area is 108 Å². The SMILES string of the molecule is C=C1C=C2[C@H]3[C@H](OC(C)(C)C(=O)[C@H]3C1)OC2(C)C. The van der Waals surface area contributed by atoms with Crippen LogP contribution in [0, 0.1) is 11.8 Å². The van der Waals surface area contributed by atoms with Gasteiger partial charge in [0.2, 0.25) is 0 Å². The molecular formula is C15H20O3. The fraction of sp³-hybridized carbons (Fsp3) is 0.667. The van der Waals surface area contributed by atoms with Crippen molar-refractivity contribution < 1.29 is 14.3 Å². The van der Waals surface area contributed by atoms with E-state index in [1.807, 2.05) is 27.7 Å². The summed E-state index contributed by atoms with van der Waals surface area (Å²) in [5.74, 6) is 0.218. The second-order valence-corrected chi connectivity index (χ2v) is 6.58. The van der Waals surface area contributed by atoms with E-state index >= 15 is 0 Å². The normalized spacial score (nSPS) is 40.4. The summed E-state index contributed by atoms with van der Waals surface area (Å²) in [5.41, 5.74) is 1.07. The lowest BCUT2D eigenvalue weighted by atomic mass is 9.68.